The maximum atomic E-state index is 9.88. The first-order valence-corrected chi connectivity index (χ1v) is 6.04. The zero-order chi connectivity index (χ0) is 10.8. The zero-order valence-corrected chi connectivity index (χ0v) is 10.3. The van der Waals surface area contributed by atoms with Crippen molar-refractivity contribution in [1.82, 2.24) is 0 Å². The van der Waals surface area contributed by atoms with E-state index in [1.54, 1.807) is 0 Å². The van der Waals surface area contributed by atoms with Crippen molar-refractivity contribution in [3.05, 3.63) is 0 Å². The van der Waals surface area contributed by atoms with Gasteiger partial charge in [-0.2, -0.15) is 0 Å². The highest BCUT2D eigenvalue weighted by atomic mass is 16.3. The molecular weight excluding hydrogens is 172 g/mol. The van der Waals surface area contributed by atoms with E-state index in [9.17, 15) is 5.11 Å². The van der Waals surface area contributed by atoms with Crippen LogP contribution < -0.4 is 0 Å². The van der Waals surface area contributed by atoms with Crippen molar-refractivity contribution >= 4 is 0 Å². The third-order valence-electron chi connectivity index (χ3n) is 3.60. The van der Waals surface area contributed by atoms with Crippen molar-refractivity contribution in [2.45, 2.75) is 71.8 Å². The SMILES string of the molecule is CC(C)(O)CC(C)(C)C1CCCCC1. The third kappa shape index (κ3) is 3.61. The lowest BCUT2D eigenvalue weighted by molar-refractivity contribution is 0.00346. The van der Waals surface area contributed by atoms with E-state index in [0.29, 0.717) is 5.41 Å². The van der Waals surface area contributed by atoms with Crippen LogP contribution in [0.5, 0.6) is 0 Å². The van der Waals surface area contributed by atoms with Crippen LogP contribution >= 0.6 is 0 Å². The number of hydrogen-bond donors (Lipinski definition) is 1. The van der Waals surface area contributed by atoms with Crippen molar-refractivity contribution in [2.24, 2.45) is 11.3 Å². The van der Waals surface area contributed by atoms with Crippen LogP contribution in [-0.4, -0.2) is 10.7 Å². The van der Waals surface area contributed by atoms with Gasteiger partial charge in [-0.15, -0.1) is 0 Å². The Morgan fingerprint density at radius 2 is 1.50 bits per heavy atom. The van der Waals surface area contributed by atoms with Crippen LogP contribution in [0.3, 0.4) is 0 Å². The molecule has 1 nitrogen and oxygen atoms in total. The van der Waals surface area contributed by atoms with Crippen LogP contribution in [0.15, 0.2) is 0 Å². The van der Waals surface area contributed by atoms with Crippen LogP contribution in [-0.2, 0) is 0 Å². The fraction of sp³-hybridized carbons (Fsp3) is 1.00. The molecule has 0 saturated heterocycles. The van der Waals surface area contributed by atoms with Gasteiger partial charge in [0.25, 0.3) is 0 Å². The van der Waals surface area contributed by atoms with Gasteiger partial charge in [-0.05, 0) is 44.4 Å². The lowest BCUT2D eigenvalue weighted by Gasteiger charge is -2.40. The summed E-state index contributed by atoms with van der Waals surface area (Å²) in [7, 11) is 0. The van der Waals surface area contributed by atoms with Gasteiger partial charge in [0.1, 0.15) is 0 Å². The first kappa shape index (κ1) is 12.0. The molecule has 0 unspecified atom stereocenters. The summed E-state index contributed by atoms with van der Waals surface area (Å²) in [6.07, 6.45) is 7.84. The number of rotatable bonds is 3. The maximum absolute atomic E-state index is 9.88. The number of aliphatic hydroxyl groups is 1. The molecule has 0 heterocycles. The van der Waals surface area contributed by atoms with Crippen LogP contribution in [0.25, 0.3) is 0 Å². The van der Waals surface area contributed by atoms with Crippen molar-refractivity contribution in [3.63, 3.8) is 0 Å². The third-order valence-corrected chi connectivity index (χ3v) is 3.60. The molecule has 0 aromatic rings. The Kier molecular flexibility index (Phi) is 3.63. The fourth-order valence-electron chi connectivity index (χ4n) is 3.14. The summed E-state index contributed by atoms with van der Waals surface area (Å²) >= 11 is 0. The van der Waals surface area contributed by atoms with E-state index in [4.69, 9.17) is 0 Å². The Hall–Kier alpha value is -0.0400. The first-order chi connectivity index (χ1) is 6.31. The Labute approximate surface area is 88.9 Å². The largest absolute Gasteiger partial charge is 0.390 e. The predicted molar refractivity (Wildman–Crippen MR) is 61.3 cm³/mol. The molecule has 1 fully saturated rings. The summed E-state index contributed by atoms with van der Waals surface area (Å²) in [4.78, 5) is 0. The summed E-state index contributed by atoms with van der Waals surface area (Å²) in [6, 6.07) is 0. The Morgan fingerprint density at radius 1 is 1.00 bits per heavy atom. The Morgan fingerprint density at radius 3 is 1.93 bits per heavy atom. The molecule has 0 radical (unpaired) electrons. The molecule has 1 saturated carbocycles. The highest BCUT2D eigenvalue weighted by Crippen LogP contribution is 2.42. The molecule has 1 heteroatoms. The molecule has 14 heavy (non-hydrogen) atoms. The van der Waals surface area contributed by atoms with E-state index in [0.717, 1.165) is 12.3 Å². The van der Waals surface area contributed by atoms with Crippen LogP contribution in [0.1, 0.15) is 66.2 Å². The molecular formula is C13H26O. The van der Waals surface area contributed by atoms with Crippen LogP contribution in [0.2, 0.25) is 0 Å². The van der Waals surface area contributed by atoms with E-state index in [2.05, 4.69) is 13.8 Å². The second-order valence-electron chi connectivity index (χ2n) is 6.31. The molecule has 1 rings (SSSR count). The molecule has 0 amide bonds. The van der Waals surface area contributed by atoms with Gasteiger partial charge in [0.2, 0.25) is 0 Å². The molecule has 0 aromatic carbocycles. The van der Waals surface area contributed by atoms with Gasteiger partial charge in [-0.3, -0.25) is 0 Å². The second-order valence-corrected chi connectivity index (χ2v) is 6.31. The molecule has 0 bridgehead atoms. The van der Waals surface area contributed by atoms with Gasteiger partial charge in [0, 0.05) is 0 Å². The summed E-state index contributed by atoms with van der Waals surface area (Å²) in [6.45, 7) is 8.50. The smallest absolute Gasteiger partial charge is 0.0597 e. The first-order valence-electron chi connectivity index (χ1n) is 6.04. The summed E-state index contributed by atoms with van der Waals surface area (Å²) in [5, 5.41) is 9.88. The molecule has 0 aromatic heterocycles. The molecule has 1 aliphatic carbocycles. The quantitative estimate of drug-likeness (QED) is 0.732. The van der Waals surface area contributed by atoms with Crippen molar-refractivity contribution in [2.75, 3.05) is 0 Å². The average Bonchev–Trinajstić information content (AvgIpc) is 2.01. The normalized spacial score (nSPS) is 21.2. The molecule has 84 valence electrons. The highest BCUT2D eigenvalue weighted by molar-refractivity contribution is 4.85. The van der Waals surface area contributed by atoms with E-state index >= 15 is 0 Å². The average molecular weight is 198 g/mol. The maximum Gasteiger partial charge on any atom is 0.0597 e. The standard InChI is InChI=1S/C13H26O/c1-12(2,10-13(3,4)14)11-8-6-5-7-9-11/h11,14H,5-10H2,1-4H3. The Balaban J connectivity index is 2.54. The van der Waals surface area contributed by atoms with Crippen molar-refractivity contribution < 1.29 is 5.11 Å². The van der Waals surface area contributed by atoms with E-state index in [1.807, 2.05) is 13.8 Å². The van der Waals surface area contributed by atoms with Gasteiger partial charge in [-0.25, -0.2) is 0 Å². The predicted octanol–water partition coefficient (Wildman–Crippen LogP) is 3.75. The number of hydrogen-bond acceptors (Lipinski definition) is 1. The second kappa shape index (κ2) is 4.22. The van der Waals surface area contributed by atoms with E-state index in [-0.39, 0.29) is 0 Å². The fourth-order valence-corrected chi connectivity index (χ4v) is 3.14. The topological polar surface area (TPSA) is 20.2 Å². The van der Waals surface area contributed by atoms with Crippen molar-refractivity contribution in [3.8, 4) is 0 Å². The summed E-state index contributed by atoms with van der Waals surface area (Å²) in [5.74, 6) is 0.822. The van der Waals surface area contributed by atoms with Gasteiger partial charge < -0.3 is 5.11 Å². The van der Waals surface area contributed by atoms with Crippen LogP contribution in [0, 0.1) is 11.3 Å². The minimum atomic E-state index is -0.513. The monoisotopic (exact) mass is 198 g/mol. The van der Waals surface area contributed by atoms with E-state index < -0.39 is 5.60 Å². The minimum absolute atomic E-state index is 0.304. The molecule has 0 atom stereocenters. The van der Waals surface area contributed by atoms with Crippen molar-refractivity contribution in [1.29, 1.82) is 0 Å². The van der Waals surface area contributed by atoms with Crippen LogP contribution in [0.4, 0.5) is 0 Å². The van der Waals surface area contributed by atoms with Gasteiger partial charge in [-0.1, -0.05) is 33.1 Å². The lowest BCUT2D eigenvalue weighted by Crippen LogP contribution is -2.34. The highest BCUT2D eigenvalue weighted by Gasteiger charge is 2.34. The lowest BCUT2D eigenvalue weighted by atomic mass is 9.67. The minimum Gasteiger partial charge on any atom is -0.390 e. The summed E-state index contributed by atoms with van der Waals surface area (Å²) in [5.41, 5.74) is -0.209. The van der Waals surface area contributed by atoms with Gasteiger partial charge in [0.15, 0.2) is 0 Å². The Bertz CT molecular complexity index is 170. The van der Waals surface area contributed by atoms with Gasteiger partial charge in [0.05, 0.1) is 5.60 Å². The molecule has 0 aliphatic heterocycles. The van der Waals surface area contributed by atoms with Gasteiger partial charge >= 0.3 is 0 Å². The zero-order valence-electron chi connectivity index (χ0n) is 10.3. The van der Waals surface area contributed by atoms with E-state index in [1.165, 1.54) is 32.1 Å². The molecule has 1 N–H and O–H groups in total. The molecule has 1 aliphatic rings. The molecule has 0 spiro atoms. The summed E-state index contributed by atoms with van der Waals surface area (Å²) < 4.78 is 0.